The minimum Gasteiger partial charge on any atom is -0.381 e. The van der Waals surface area contributed by atoms with E-state index in [0.29, 0.717) is 24.5 Å². The summed E-state index contributed by atoms with van der Waals surface area (Å²) in [6.45, 7) is 4.12. The number of methoxy groups -OCH3 is 1. The maximum atomic E-state index is 12.7. The highest BCUT2D eigenvalue weighted by atomic mass is 16.5. The molecule has 2 heterocycles. The number of carbonyl (C=O) groups is 1. The fourth-order valence-electron chi connectivity index (χ4n) is 4.27. The van der Waals surface area contributed by atoms with Gasteiger partial charge in [-0.2, -0.15) is 0 Å². The Hall–Kier alpha value is -1.88. The second kappa shape index (κ2) is 5.64. The van der Waals surface area contributed by atoms with Gasteiger partial charge >= 0.3 is 0 Å². The number of aromatic nitrogens is 2. The van der Waals surface area contributed by atoms with Crippen molar-refractivity contribution >= 4 is 16.9 Å². The zero-order valence-electron chi connectivity index (χ0n) is 13.7. The highest BCUT2D eigenvalue weighted by molar-refractivity contribution is 5.81. The summed E-state index contributed by atoms with van der Waals surface area (Å²) in [4.78, 5) is 19.3. The second-order valence-corrected chi connectivity index (χ2v) is 6.88. The summed E-state index contributed by atoms with van der Waals surface area (Å²) in [7, 11) is 1.79. The molecule has 5 heteroatoms. The van der Waals surface area contributed by atoms with Crippen molar-refractivity contribution in [1.82, 2.24) is 14.5 Å². The highest BCUT2D eigenvalue weighted by Gasteiger charge is 2.42. The lowest BCUT2D eigenvalue weighted by Gasteiger charge is -2.19. The topological polar surface area (TPSA) is 47.4 Å². The van der Waals surface area contributed by atoms with E-state index in [2.05, 4.69) is 4.98 Å². The molecule has 4 rings (SSSR count). The molecule has 0 spiro atoms. The number of hydrogen-bond acceptors (Lipinski definition) is 3. The van der Waals surface area contributed by atoms with Crippen LogP contribution in [0.4, 0.5) is 0 Å². The SMILES string of the molecule is COC1C[C@@H]2CN(C(=O)Cn3c(C)nc4ccccc43)C[C@@H]2C1. The van der Waals surface area contributed by atoms with Gasteiger partial charge in [0, 0.05) is 20.2 Å². The van der Waals surface area contributed by atoms with Gasteiger partial charge in [-0.25, -0.2) is 4.98 Å². The number of amides is 1. The number of hydrogen-bond donors (Lipinski definition) is 0. The largest absolute Gasteiger partial charge is 0.381 e. The molecule has 1 saturated heterocycles. The van der Waals surface area contributed by atoms with Crippen LogP contribution >= 0.6 is 0 Å². The van der Waals surface area contributed by atoms with Crippen LogP contribution in [0.3, 0.4) is 0 Å². The molecular weight excluding hydrogens is 290 g/mol. The normalized spacial score (nSPS) is 26.9. The van der Waals surface area contributed by atoms with Gasteiger partial charge in [0.1, 0.15) is 12.4 Å². The van der Waals surface area contributed by atoms with Gasteiger partial charge in [0.05, 0.1) is 17.1 Å². The van der Waals surface area contributed by atoms with Gasteiger partial charge in [0.15, 0.2) is 0 Å². The Morgan fingerprint density at radius 2 is 1.96 bits per heavy atom. The molecule has 2 aliphatic rings. The summed E-state index contributed by atoms with van der Waals surface area (Å²) in [5, 5.41) is 0. The number of para-hydroxylation sites is 2. The Kier molecular flexibility index (Phi) is 3.60. The predicted octanol–water partition coefficient (Wildman–Crippen LogP) is 2.23. The van der Waals surface area contributed by atoms with Crippen molar-refractivity contribution in [3.63, 3.8) is 0 Å². The molecule has 1 aliphatic heterocycles. The Labute approximate surface area is 136 Å². The lowest BCUT2D eigenvalue weighted by atomic mass is 10.0. The maximum absolute atomic E-state index is 12.7. The molecule has 1 unspecified atom stereocenters. The van der Waals surface area contributed by atoms with E-state index in [1.165, 1.54) is 0 Å². The number of fused-ring (bicyclic) bond motifs is 2. The first kappa shape index (κ1) is 14.7. The number of aryl methyl sites for hydroxylation is 1. The average Bonchev–Trinajstić information content (AvgIpc) is 3.19. The van der Waals surface area contributed by atoms with E-state index in [-0.39, 0.29) is 5.91 Å². The third-order valence-electron chi connectivity index (χ3n) is 5.53. The Morgan fingerprint density at radius 1 is 1.26 bits per heavy atom. The molecule has 1 aromatic heterocycles. The number of rotatable bonds is 3. The second-order valence-electron chi connectivity index (χ2n) is 6.88. The number of imidazole rings is 1. The minimum atomic E-state index is 0.208. The highest BCUT2D eigenvalue weighted by Crippen LogP contribution is 2.39. The molecule has 0 N–H and O–H groups in total. The lowest BCUT2D eigenvalue weighted by molar-refractivity contribution is -0.131. The van der Waals surface area contributed by atoms with Crippen molar-refractivity contribution in [3.05, 3.63) is 30.1 Å². The number of carbonyl (C=O) groups excluding carboxylic acids is 1. The van der Waals surface area contributed by atoms with Gasteiger partial charge in [-0.05, 0) is 43.7 Å². The summed E-state index contributed by atoms with van der Waals surface area (Å²) in [5.41, 5.74) is 2.00. The standard InChI is InChI=1S/C18H23N3O2/c1-12-19-16-5-3-4-6-17(16)21(12)11-18(22)20-9-13-7-15(23-2)8-14(13)10-20/h3-6,13-15H,7-11H2,1-2H3/t13-,14+,15?. The summed E-state index contributed by atoms with van der Waals surface area (Å²) >= 11 is 0. The molecule has 5 nitrogen and oxygen atoms in total. The van der Waals surface area contributed by atoms with Crippen LogP contribution in [0.5, 0.6) is 0 Å². The zero-order valence-corrected chi connectivity index (χ0v) is 13.7. The number of nitrogens with zero attached hydrogens (tertiary/aromatic N) is 3. The Bertz CT molecular complexity index is 725. The van der Waals surface area contributed by atoms with Crippen molar-refractivity contribution in [2.24, 2.45) is 11.8 Å². The average molecular weight is 313 g/mol. The van der Waals surface area contributed by atoms with Gasteiger partial charge in [-0.3, -0.25) is 4.79 Å². The first-order valence-corrected chi connectivity index (χ1v) is 8.38. The van der Waals surface area contributed by atoms with E-state index in [1.807, 2.05) is 40.7 Å². The van der Waals surface area contributed by atoms with Crippen LogP contribution in [-0.4, -0.2) is 46.7 Å². The smallest absolute Gasteiger partial charge is 0.242 e. The molecule has 0 bridgehead atoms. The van der Waals surface area contributed by atoms with Gasteiger partial charge in [0.2, 0.25) is 5.91 Å². The molecule has 1 aliphatic carbocycles. The van der Waals surface area contributed by atoms with Gasteiger partial charge in [0.25, 0.3) is 0 Å². The van der Waals surface area contributed by atoms with Crippen molar-refractivity contribution in [2.75, 3.05) is 20.2 Å². The molecule has 1 saturated carbocycles. The number of likely N-dealkylation sites (tertiary alicyclic amines) is 1. The fourth-order valence-corrected chi connectivity index (χ4v) is 4.27. The van der Waals surface area contributed by atoms with Crippen LogP contribution < -0.4 is 0 Å². The first-order chi connectivity index (χ1) is 11.2. The predicted molar refractivity (Wildman–Crippen MR) is 88.1 cm³/mol. The summed E-state index contributed by atoms with van der Waals surface area (Å²) in [5.74, 6) is 2.34. The van der Waals surface area contributed by atoms with Crippen LogP contribution in [0.25, 0.3) is 11.0 Å². The Morgan fingerprint density at radius 3 is 2.65 bits per heavy atom. The first-order valence-electron chi connectivity index (χ1n) is 8.38. The molecule has 0 radical (unpaired) electrons. The quantitative estimate of drug-likeness (QED) is 0.873. The molecule has 2 aromatic rings. The van der Waals surface area contributed by atoms with Crippen molar-refractivity contribution < 1.29 is 9.53 Å². The molecule has 1 amide bonds. The van der Waals surface area contributed by atoms with E-state index in [0.717, 1.165) is 42.8 Å². The molecule has 1 aromatic carbocycles. The number of benzene rings is 1. The van der Waals surface area contributed by atoms with Crippen LogP contribution in [0, 0.1) is 18.8 Å². The molecule has 122 valence electrons. The van der Waals surface area contributed by atoms with E-state index < -0.39 is 0 Å². The zero-order chi connectivity index (χ0) is 16.0. The third-order valence-corrected chi connectivity index (χ3v) is 5.53. The van der Waals surface area contributed by atoms with E-state index in [1.54, 1.807) is 7.11 Å². The monoisotopic (exact) mass is 313 g/mol. The Balaban J connectivity index is 1.48. The van der Waals surface area contributed by atoms with Crippen LogP contribution in [0.2, 0.25) is 0 Å². The lowest BCUT2D eigenvalue weighted by Crippen LogP contribution is -2.33. The van der Waals surface area contributed by atoms with E-state index in [9.17, 15) is 4.79 Å². The van der Waals surface area contributed by atoms with Crippen molar-refractivity contribution in [3.8, 4) is 0 Å². The van der Waals surface area contributed by atoms with Crippen LogP contribution in [0.15, 0.2) is 24.3 Å². The van der Waals surface area contributed by atoms with E-state index >= 15 is 0 Å². The molecular formula is C18H23N3O2. The maximum Gasteiger partial charge on any atom is 0.242 e. The van der Waals surface area contributed by atoms with E-state index in [4.69, 9.17) is 4.74 Å². The van der Waals surface area contributed by atoms with Gasteiger partial charge < -0.3 is 14.2 Å². The van der Waals surface area contributed by atoms with Crippen molar-refractivity contribution in [2.45, 2.75) is 32.4 Å². The molecule has 2 fully saturated rings. The summed E-state index contributed by atoms with van der Waals surface area (Å²) in [6, 6.07) is 8.00. The molecule has 3 atom stereocenters. The summed E-state index contributed by atoms with van der Waals surface area (Å²) in [6.07, 6.45) is 2.58. The van der Waals surface area contributed by atoms with Gasteiger partial charge in [-0.1, -0.05) is 12.1 Å². The minimum absolute atomic E-state index is 0.208. The van der Waals surface area contributed by atoms with Crippen molar-refractivity contribution in [1.29, 1.82) is 0 Å². The third kappa shape index (κ3) is 2.53. The fraction of sp³-hybridized carbons (Fsp3) is 0.556. The van der Waals surface area contributed by atoms with Crippen LogP contribution in [-0.2, 0) is 16.1 Å². The summed E-state index contributed by atoms with van der Waals surface area (Å²) < 4.78 is 7.51. The molecule has 23 heavy (non-hydrogen) atoms. The van der Waals surface area contributed by atoms with Crippen LogP contribution in [0.1, 0.15) is 18.7 Å². The van der Waals surface area contributed by atoms with Gasteiger partial charge in [-0.15, -0.1) is 0 Å². The number of ether oxygens (including phenoxy) is 1.